The minimum absolute atomic E-state index is 0.295. The van der Waals surface area contributed by atoms with Crippen molar-refractivity contribution in [1.29, 1.82) is 0 Å². The van der Waals surface area contributed by atoms with E-state index in [9.17, 15) is 13.0 Å². The molecule has 0 spiro atoms. The zero-order chi connectivity index (χ0) is 14.1. The molecule has 6 nitrogen and oxygen atoms in total. The SMILES string of the molecule is COCCOC(CNC1CCCCC1)CS(=O)(=O)[O-]. The summed E-state index contributed by atoms with van der Waals surface area (Å²) in [6.07, 6.45) is 5.28. The van der Waals surface area contributed by atoms with Gasteiger partial charge in [0.2, 0.25) is 0 Å². The van der Waals surface area contributed by atoms with E-state index >= 15 is 0 Å². The quantitative estimate of drug-likeness (QED) is 0.492. The lowest BCUT2D eigenvalue weighted by Gasteiger charge is -2.26. The third kappa shape index (κ3) is 8.54. The lowest BCUT2D eigenvalue weighted by Crippen LogP contribution is -2.41. The van der Waals surface area contributed by atoms with E-state index in [1.807, 2.05) is 0 Å². The highest BCUT2D eigenvalue weighted by molar-refractivity contribution is 7.85. The Morgan fingerprint density at radius 1 is 1.26 bits per heavy atom. The van der Waals surface area contributed by atoms with Crippen molar-refractivity contribution in [1.82, 2.24) is 5.32 Å². The molecule has 0 aromatic rings. The summed E-state index contributed by atoms with van der Waals surface area (Å²) in [5, 5.41) is 3.30. The van der Waals surface area contributed by atoms with Gasteiger partial charge in [-0.05, 0) is 12.8 Å². The van der Waals surface area contributed by atoms with Crippen molar-refractivity contribution in [3.63, 3.8) is 0 Å². The van der Waals surface area contributed by atoms with E-state index in [-0.39, 0.29) is 0 Å². The predicted octanol–water partition coefficient (Wildman–Crippen LogP) is 0.486. The Bertz CT molecular complexity index is 327. The van der Waals surface area contributed by atoms with Crippen LogP contribution in [0.25, 0.3) is 0 Å². The molecule has 1 rings (SSSR count). The van der Waals surface area contributed by atoms with Gasteiger partial charge in [-0.25, -0.2) is 8.42 Å². The van der Waals surface area contributed by atoms with Crippen LogP contribution in [0, 0.1) is 0 Å². The first-order chi connectivity index (χ1) is 9.01. The zero-order valence-electron chi connectivity index (χ0n) is 11.5. The van der Waals surface area contributed by atoms with Gasteiger partial charge in [0.15, 0.2) is 0 Å². The maximum absolute atomic E-state index is 10.8. The van der Waals surface area contributed by atoms with Gasteiger partial charge in [-0.1, -0.05) is 19.3 Å². The van der Waals surface area contributed by atoms with Gasteiger partial charge in [0, 0.05) is 19.7 Å². The molecule has 0 amide bonds. The topological polar surface area (TPSA) is 87.7 Å². The summed E-state index contributed by atoms with van der Waals surface area (Å²) in [5.41, 5.74) is 0. The van der Waals surface area contributed by atoms with Crippen molar-refractivity contribution in [3.05, 3.63) is 0 Å². The monoisotopic (exact) mass is 294 g/mol. The van der Waals surface area contributed by atoms with Gasteiger partial charge in [-0.2, -0.15) is 0 Å². The molecule has 1 unspecified atom stereocenters. The van der Waals surface area contributed by atoms with E-state index in [2.05, 4.69) is 5.32 Å². The molecule has 0 aromatic heterocycles. The zero-order valence-corrected chi connectivity index (χ0v) is 12.3. The summed E-state index contributed by atoms with van der Waals surface area (Å²) < 4.78 is 42.7. The number of rotatable bonds is 9. The Morgan fingerprint density at radius 3 is 2.53 bits per heavy atom. The highest BCUT2D eigenvalue weighted by Crippen LogP contribution is 2.17. The second-order valence-corrected chi connectivity index (χ2v) is 6.40. The second-order valence-electron chi connectivity index (χ2n) is 4.95. The number of methoxy groups -OCH3 is 1. The van der Waals surface area contributed by atoms with E-state index in [4.69, 9.17) is 9.47 Å². The van der Waals surface area contributed by atoms with Crippen molar-refractivity contribution in [2.24, 2.45) is 0 Å². The summed E-state index contributed by atoms with van der Waals surface area (Å²) in [4.78, 5) is 0. The molecule has 1 saturated carbocycles. The van der Waals surface area contributed by atoms with Crippen LogP contribution in [0.2, 0.25) is 0 Å². The molecule has 1 N–H and O–H groups in total. The van der Waals surface area contributed by atoms with Crippen molar-refractivity contribution < 1.29 is 22.4 Å². The number of nitrogens with one attached hydrogen (secondary N) is 1. The minimum atomic E-state index is -4.27. The maximum atomic E-state index is 10.8. The van der Waals surface area contributed by atoms with Gasteiger partial charge < -0.3 is 19.3 Å². The fourth-order valence-electron chi connectivity index (χ4n) is 2.30. The second kappa shape index (κ2) is 8.86. The molecule has 19 heavy (non-hydrogen) atoms. The normalized spacial score (nSPS) is 19.5. The summed E-state index contributed by atoms with van der Waals surface area (Å²) >= 11 is 0. The fourth-order valence-corrected chi connectivity index (χ4v) is 2.97. The minimum Gasteiger partial charge on any atom is -0.748 e. The van der Waals surface area contributed by atoms with Crippen LogP contribution in [0.5, 0.6) is 0 Å². The van der Waals surface area contributed by atoms with Crippen LogP contribution < -0.4 is 5.32 Å². The van der Waals surface area contributed by atoms with Crippen LogP contribution in [0.4, 0.5) is 0 Å². The van der Waals surface area contributed by atoms with Gasteiger partial charge in [-0.3, -0.25) is 0 Å². The third-order valence-corrected chi connectivity index (χ3v) is 4.05. The molecule has 0 saturated heterocycles. The van der Waals surface area contributed by atoms with Crippen molar-refractivity contribution in [2.45, 2.75) is 44.2 Å². The maximum Gasteiger partial charge on any atom is 0.0972 e. The Kier molecular flexibility index (Phi) is 7.86. The summed E-state index contributed by atoms with van der Waals surface area (Å²) in [6, 6.07) is 0.414. The van der Waals surface area contributed by atoms with Gasteiger partial charge >= 0.3 is 0 Å². The first kappa shape index (κ1) is 16.8. The molecule has 7 heteroatoms. The molecule has 0 aliphatic heterocycles. The van der Waals surface area contributed by atoms with Crippen LogP contribution in [-0.4, -0.2) is 57.7 Å². The molecule has 0 heterocycles. The van der Waals surface area contributed by atoms with Crippen molar-refractivity contribution in [3.8, 4) is 0 Å². The van der Waals surface area contributed by atoms with Crippen LogP contribution in [0.15, 0.2) is 0 Å². The smallest absolute Gasteiger partial charge is 0.0972 e. The first-order valence-electron chi connectivity index (χ1n) is 6.79. The molecule has 1 atom stereocenters. The predicted molar refractivity (Wildman–Crippen MR) is 71.1 cm³/mol. The molecule has 1 aliphatic rings. The van der Waals surface area contributed by atoms with Crippen LogP contribution >= 0.6 is 0 Å². The number of hydrogen-bond acceptors (Lipinski definition) is 6. The summed E-state index contributed by atoms with van der Waals surface area (Å²) in [5.74, 6) is -0.490. The van der Waals surface area contributed by atoms with Crippen molar-refractivity contribution in [2.75, 3.05) is 32.6 Å². The Morgan fingerprint density at radius 2 is 1.95 bits per heavy atom. The van der Waals surface area contributed by atoms with Crippen LogP contribution in [-0.2, 0) is 19.6 Å². The molecule has 0 radical (unpaired) electrons. The molecule has 0 aromatic carbocycles. The summed E-state index contributed by atoms with van der Waals surface area (Å²) in [7, 11) is -2.72. The van der Waals surface area contributed by atoms with E-state index in [0.717, 1.165) is 12.8 Å². The van der Waals surface area contributed by atoms with Crippen molar-refractivity contribution >= 4 is 10.1 Å². The average molecular weight is 294 g/mol. The standard InChI is InChI=1S/C12H25NO5S/c1-17-7-8-18-12(10-19(14,15)16)9-13-11-5-3-2-4-6-11/h11-13H,2-10H2,1H3,(H,14,15,16)/p-1. The van der Waals surface area contributed by atoms with Crippen LogP contribution in [0.1, 0.15) is 32.1 Å². The highest BCUT2D eigenvalue weighted by atomic mass is 32.2. The lowest BCUT2D eigenvalue weighted by molar-refractivity contribution is 0.0258. The molecule has 0 bridgehead atoms. The third-order valence-electron chi connectivity index (χ3n) is 3.27. The molecule has 1 aliphatic carbocycles. The fraction of sp³-hybridized carbons (Fsp3) is 1.00. The first-order valence-corrected chi connectivity index (χ1v) is 8.36. The Hall–Kier alpha value is -0.210. The van der Waals surface area contributed by atoms with Crippen LogP contribution in [0.3, 0.4) is 0 Å². The number of ether oxygens (including phenoxy) is 2. The Labute approximate surface area is 115 Å². The summed E-state index contributed by atoms with van der Waals surface area (Å²) in [6.45, 7) is 1.08. The van der Waals surface area contributed by atoms with E-state index in [1.54, 1.807) is 7.11 Å². The highest BCUT2D eigenvalue weighted by Gasteiger charge is 2.17. The van der Waals surface area contributed by atoms with Gasteiger partial charge in [-0.15, -0.1) is 0 Å². The van der Waals surface area contributed by atoms with Gasteiger partial charge in [0.1, 0.15) is 0 Å². The molecular weight excluding hydrogens is 270 g/mol. The van der Waals surface area contributed by atoms with E-state index in [1.165, 1.54) is 19.3 Å². The Balaban J connectivity index is 2.34. The molecule has 114 valence electrons. The van der Waals surface area contributed by atoms with Gasteiger partial charge in [0.25, 0.3) is 0 Å². The average Bonchev–Trinajstić information content (AvgIpc) is 2.36. The van der Waals surface area contributed by atoms with E-state index < -0.39 is 22.0 Å². The number of hydrogen-bond donors (Lipinski definition) is 1. The van der Waals surface area contributed by atoms with Gasteiger partial charge in [0.05, 0.1) is 35.2 Å². The van der Waals surface area contributed by atoms with E-state index in [0.29, 0.717) is 25.8 Å². The molecule has 1 fully saturated rings. The largest absolute Gasteiger partial charge is 0.748 e. The lowest BCUT2D eigenvalue weighted by atomic mass is 9.95. The molecular formula is C12H24NO5S-.